The van der Waals surface area contributed by atoms with Gasteiger partial charge in [-0.15, -0.1) is 22.7 Å². The molecule has 2 N–H and O–H groups in total. The number of thiophene rings is 2. The Balaban J connectivity index is 0.882. The van der Waals surface area contributed by atoms with Gasteiger partial charge in [-0.3, -0.25) is 5.32 Å². The lowest BCUT2D eigenvalue weighted by Gasteiger charge is -2.32. The highest BCUT2D eigenvalue weighted by Gasteiger charge is 2.26. The lowest BCUT2D eigenvalue weighted by atomic mass is 9.96. The molecule has 6 heteroatoms. The summed E-state index contributed by atoms with van der Waals surface area (Å²) < 4.78 is 11.8. The second-order valence-electron chi connectivity index (χ2n) is 14.8. The SMILES string of the molecule is c1ccc(C2=NC(c3ccc4c(c3)sc3ccccc34)NC(c3ccc(-c4cccc5oc6cc(-c7ccc8sc9ccccc9c8c7)ccc6c45)cc3)N2)cc1. The smallest absolute Gasteiger partial charge is 0.136 e. The molecule has 0 bridgehead atoms. The molecule has 0 saturated heterocycles. The maximum atomic E-state index is 6.56. The van der Waals surface area contributed by atoms with Gasteiger partial charge in [0.15, 0.2) is 0 Å². The van der Waals surface area contributed by atoms with Crippen LogP contribution in [0, 0.1) is 0 Å². The molecule has 0 saturated carbocycles. The van der Waals surface area contributed by atoms with E-state index < -0.39 is 0 Å². The summed E-state index contributed by atoms with van der Waals surface area (Å²) in [7, 11) is 0. The molecule has 1 aliphatic heterocycles. The Morgan fingerprint density at radius 1 is 0.439 bits per heavy atom. The molecule has 1 aliphatic rings. The van der Waals surface area contributed by atoms with Crippen molar-refractivity contribution in [3.63, 3.8) is 0 Å². The van der Waals surface area contributed by atoms with Crippen molar-refractivity contribution < 1.29 is 4.42 Å². The molecule has 57 heavy (non-hydrogen) atoms. The third-order valence-electron chi connectivity index (χ3n) is 11.4. The number of rotatable bonds is 5. The molecule has 3 aromatic heterocycles. The van der Waals surface area contributed by atoms with Crippen molar-refractivity contribution in [3.8, 4) is 22.3 Å². The van der Waals surface area contributed by atoms with Gasteiger partial charge in [0.2, 0.25) is 0 Å². The van der Waals surface area contributed by atoms with Crippen LogP contribution in [0.4, 0.5) is 0 Å². The summed E-state index contributed by atoms with van der Waals surface area (Å²) >= 11 is 3.69. The quantitative estimate of drug-likeness (QED) is 0.183. The Bertz CT molecular complexity index is 3380. The molecule has 4 nitrogen and oxygen atoms in total. The fourth-order valence-electron chi connectivity index (χ4n) is 8.56. The van der Waals surface area contributed by atoms with E-state index in [2.05, 4.69) is 180 Å². The van der Waals surface area contributed by atoms with Gasteiger partial charge >= 0.3 is 0 Å². The lowest BCUT2D eigenvalue weighted by Crippen LogP contribution is -2.44. The fourth-order valence-corrected chi connectivity index (χ4v) is 10.8. The molecule has 11 aromatic rings. The first-order valence-corrected chi connectivity index (χ1v) is 20.9. The monoisotopic (exact) mass is 767 g/mol. The minimum Gasteiger partial charge on any atom is -0.456 e. The van der Waals surface area contributed by atoms with Crippen LogP contribution in [0.5, 0.6) is 0 Å². The molecule has 0 spiro atoms. The van der Waals surface area contributed by atoms with Crippen LogP contribution in [-0.2, 0) is 0 Å². The third-order valence-corrected chi connectivity index (χ3v) is 13.7. The van der Waals surface area contributed by atoms with E-state index >= 15 is 0 Å². The van der Waals surface area contributed by atoms with E-state index in [1.165, 1.54) is 45.9 Å². The molecule has 4 heterocycles. The van der Waals surface area contributed by atoms with Crippen molar-refractivity contribution in [3.05, 3.63) is 193 Å². The fraction of sp³-hybridized carbons (Fsp3) is 0.0392. The molecule has 8 aromatic carbocycles. The summed E-state index contributed by atoms with van der Waals surface area (Å²) in [5.74, 6) is 0.877. The summed E-state index contributed by atoms with van der Waals surface area (Å²) in [6.45, 7) is 0. The summed E-state index contributed by atoms with van der Waals surface area (Å²) in [4.78, 5) is 5.22. The maximum absolute atomic E-state index is 6.56. The lowest BCUT2D eigenvalue weighted by molar-refractivity contribution is 0.409. The first kappa shape index (κ1) is 32.7. The zero-order valence-electron chi connectivity index (χ0n) is 30.6. The molecule has 0 aliphatic carbocycles. The van der Waals surface area contributed by atoms with Crippen molar-refractivity contribution in [2.24, 2.45) is 4.99 Å². The van der Waals surface area contributed by atoms with E-state index in [9.17, 15) is 0 Å². The number of benzene rings is 8. The number of nitrogens with zero attached hydrogens (tertiary/aromatic N) is 1. The summed E-state index contributed by atoms with van der Waals surface area (Å²) in [5, 5.41) is 15.0. The van der Waals surface area contributed by atoms with E-state index in [-0.39, 0.29) is 12.3 Å². The van der Waals surface area contributed by atoms with E-state index in [1.54, 1.807) is 0 Å². The molecule has 0 fully saturated rings. The second kappa shape index (κ2) is 13.0. The molecule has 0 radical (unpaired) electrons. The average molecular weight is 768 g/mol. The van der Waals surface area contributed by atoms with Crippen molar-refractivity contribution >= 4 is 90.8 Å². The van der Waals surface area contributed by atoms with Crippen molar-refractivity contribution in [1.82, 2.24) is 10.6 Å². The topological polar surface area (TPSA) is 49.6 Å². The molecule has 12 rings (SSSR count). The van der Waals surface area contributed by atoms with E-state index in [4.69, 9.17) is 9.41 Å². The Morgan fingerprint density at radius 3 is 1.93 bits per heavy atom. The normalized spacial score (nSPS) is 15.9. The zero-order chi connectivity index (χ0) is 37.5. The van der Waals surface area contributed by atoms with Gasteiger partial charge in [0.25, 0.3) is 0 Å². The Kier molecular flexibility index (Phi) is 7.45. The van der Waals surface area contributed by atoms with Crippen molar-refractivity contribution in [2.45, 2.75) is 12.3 Å². The number of hydrogen-bond acceptors (Lipinski definition) is 6. The van der Waals surface area contributed by atoms with Gasteiger partial charge in [-0.05, 0) is 81.9 Å². The Labute approximate surface area is 336 Å². The highest BCUT2D eigenvalue weighted by molar-refractivity contribution is 7.26. The van der Waals surface area contributed by atoms with Crippen molar-refractivity contribution in [1.29, 1.82) is 0 Å². The molecular weight excluding hydrogens is 735 g/mol. The number of fused-ring (bicyclic) bond motifs is 9. The van der Waals surface area contributed by atoms with Crippen LogP contribution < -0.4 is 10.6 Å². The number of furan rings is 1. The highest BCUT2D eigenvalue weighted by Crippen LogP contribution is 2.41. The van der Waals surface area contributed by atoms with Gasteiger partial charge in [-0.1, -0.05) is 127 Å². The third kappa shape index (κ3) is 5.48. The van der Waals surface area contributed by atoms with Crippen LogP contribution >= 0.6 is 22.7 Å². The second-order valence-corrected chi connectivity index (χ2v) is 16.9. The first-order chi connectivity index (χ1) is 28.2. The number of aliphatic imine (C=N–C) groups is 1. The largest absolute Gasteiger partial charge is 0.456 e. The predicted molar refractivity (Wildman–Crippen MR) is 242 cm³/mol. The zero-order valence-corrected chi connectivity index (χ0v) is 32.2. The van der Waals surface area contributed by atoms with Gasteiger partial charge in [0, 0.05) is 56.7 Å². The van der Waals surface area contributed by atoms with Gasteiger partial charge in [0.05, 0.1) is 0 Å². The van der Waals surface area contributed by atoms with Crippen molar-refractivity contribution in [2.75, 3.05) is 0 Å². The standard InChI is InChI=1S/C51H33N3OS2/c1-2-9-31(10-3-1)49-52-50(54-51(53-49)35-22-24-39-37-11-4-6-15-44(37)57-47(39)29-35)32-19-17-30(18-20-32)36-13-8-14-42-48(36)40-25-21-34(28-43(40)55-42)33-23-26-46-41(27-33)38-12-5-7-16-45(38)56-46/h1-29,50-51,54H,(H,52,53). The minimum atomic E-state index is -0.219. The van der Waals surface area contributed by atoms with E-state index in [0.717, 1.165) is 61.2 Å². The van der Waals surface area contributed by atoms with Crippen LogP contribution in [0.25, 0.3) is 84.5 Å². The van der Waals surface area contributed by atoms with Crippen LogP contribution in [-0.4, -0.2) is 5.84 Å². The minimum absolute atomic E-state index is 0.148. The Morgan fingerprint density at radius 2 is 1.09 bits per heavy atom. The molecule has 270 valence electrons. The molecule has 0 amide bonds. The maximum Gasteiger partial charge on any atom is 0.136 e. The van der Waals surface area contributed by atoms with E-state index in [1.807, 2.05) is 28.7 Å². The number of amidine groups is 1. The van der Waals surface area contributed by atoms with Crippen LogP contribution in [0.3, 0.4) is 0 Å². The van der Waals surface area contributed by atoms with Gasteiger partial charge in [-0.25, -0.2) is 4.99 Å². The van der Waals surface area contributed by atoms with Crippen LogP contribution in [0.1, 0.15) is 29.0 Å². The Hall–Kier alpha value is -6.57. The molecular formula is C51H33N3OS2. The number of hydrogen-bond donors (Lipinski definition) is 2. The summed E-state index contributed by atoms with van der Waals surface area (Å²) in [6, 6.07) is 63.2. The van der Waals surface area contributed by atoms with Gasteiger partial charge in [-0.2, -0.15) is 0 Å². The van der Waals surface area contributed by atoms with Crippen LogP contribution in [0.15, 0.2) is 185 Å². The van der Waals surface area contributed by atoms with E-state index in [0.29, 0.717) is 0 Å². The number of nitrogens with one attached hydrogen (secondary N) is 2. The summed E-state index contributed by atoms with van der Waals surface area (Å²) in [5.41, 5.74) is 9.77. The summed E-state index contributed by atoms with van der Waals surface area (Å²) in [6.07, 6.45) is -0.367. The van der Waals surface area contributed by atoms with Gasteiger partial charge in [0.1, 0.15) is 29.3 Å². The molecule has 2 unspecified atom stereocenters. The van der Waals surface area contributed by atoms with Gasteiger partial charge < -0.3 is 9.73 Å². The highest BCUT2D eigenvalue weighted by atomic mass is 32.1. The molecule has 2 atom stereocenters. The average Bonchev–Trinajstić information content (AvgIpc) is 3.97. The predicted octanol–water partition coefficient (Wildman–Crippen LogP) is 14.0. The van der Waals surface area contributed by atoms with Crippen LogP contribution in [0.2, 0.25) is 0 Å². The first-order valence-electron chi connectivity index (χ1n) is 19.2.